The lowest BCUT2D eigenvalue weighted by Gasteiger charge is -2.18. The normalized spacial score (nSPS) is 11.5. The van der Waals surface area contributed by atoms with Gasteiger partial charge in [-0.1, -0.05) is 146 Å². The zero-order valence-electron chi connectivity index (χ0n) is 37.0. The molecule has 6 heterocycles. The van der Waals surface area contributed by atoms with Crippen LogP contribution < -0.4 is 0 Å². The van der Waals surface area contributed by atoms with Gasteiger partial charge in [0.15, 0.2) is 16.9 Å². The summed E-state index contributed by atoms with van der Waals surface area (Å²) in [4.78, 5) is 31.3. The average molecular weight is 886 g/mol. The summed E-state index contributed by atoms with van der Waals surface area (Å²) in [5.41, 5.74) is 16.3. The highest BCUT2D eigenvalue weighted by atomic mass is 15.2. The highest BCUT2D eigenvalue weighted by molar-refractivity contribution is 5.91. The Hall–Kier alpha value is -9.60. The molecule has 0 unspecified atom stereocenters. The first-order chi connectivity index (χ1) is 34.2. The van der Waals surface area contributed by atoms with E-state index in [9.17, 15) is 0 Å². The molecular formula is C60H39N9. The van der Waals surface area contributed by atoms with Gasteiger partial charge in [-0.3, -0.25) is 13.7 Å². The van der Waals surface area contributed by atoms with E-state index in [-0.39, 0.29) is 0 Å². The van der Waals surface area contributed by atoms with Gasteiger partial charge in [-0.15, -0.1) is 0 Å². The second-order valence-corrected chi connectivity index (χ2v) is 16.8. The molecule has 0 radical (unpaired) electrons. The van der Waals surface area contributed by atoms with Crippen LogP contribution >= 0.6 is 0 Å². The molecule has 0 aliphatic rings. The Labute approximate surface area is 397 Å². The third-order valence-corrected chi connectivity index (χ3v) is 12.6. The molecule has 0 fully saturated rings. The minimum Gasteiger partial charge on any atom is -0.276 e. The van der Waals surface area contributed by atoms with Gasteiger partial charge in [-0.05, 0) is 89.5 Å². The molecule has 7 aromatic carbocycles. The van der Waals surface area contributed by atoms with Crippen molar-refractivity contribution in [3.05, 3.63) is 237 Å². The molecular weight excluding hydrogens is 847 g/mol. The van der Waals surface area contributed by atoms with E-state index in [0.717, 1.165) is 101 Å². The van der Waals surface area contributed by atoms with Gasteiger partial charge < -0.3 is 0 Å². The van der Waals surface area contributed by atoms with Crippen LogP contribution in [0, 0.1) is 0 Å². The Morgan fingerprint density at radius 1 is 0.246 bits per heavy atom. The first-order valence-electron chi connectivity index (χ1n) is 22.9. The minimum absolute atomic E-state index is 0.714. The van der Waals surface area contributed by atoms with Crippen LogP contribution in [0.3, 0.4) is 0 Å². The first kappa shape index (κ1) is 39.7. The topological polar surface area (TPSA) is 92.1 Å². The van der Waals surface area contributed by atoms with E-state index in [1.165, 1.54) is 0 Å². The van der Waals surface area contributed by atoms with Gasteiger partial charge in [0.2, 0.25) is 0 Å². The second-order valence-electron chi connectivity index (χ2n) is 16.8. The Bertz CT molecular complexity index is 3590. The summed E-state index contributed by atoms with van der Waals surface area (Å²) in [5.74, 6) is 2.14. The molecule has 0 bridgehead atoms. The van der Waals surface area contributed by atoms with Gasteiger partial charge in [0.25, 0.3) is 0 Å². The third-order valence-electron chi connectivity index (χ3n) is 12.6. The maximum Gasteiger partial charge on any atom is 0.164 e. The monoisotopic (exact) mass is 885 g/mol. The van der Waals surface area contributed by atoms with E-state index in [2.05, 4.69) is 177 Å². The van der Waals surface area contributed by atoms with E-state index in [4.69, 9.17) is 29.9 Å². The molecule has 6 aromatic heterocycles. The molecule has 0 amide bonds. The van der Waals surface area contributed by atoms with Gasteiger partial charge in [-0.25, -0.2) is 29.9 Å². The predicted molar refractivity (Wildman–Crippen MR) is 276 cm³/mol. The van der Waals surface area contributed by atoms with Crippen molar-refractivity contribution in [2.45, 2.75) is 0 Å². The molecule has 13 aromatic rings. The zero-order chi connectivity index (χ0) is 45.7. The zero-order valence-corrected chi connectivity index (χ0v) is 37.0. The quantitative estimate of drug-likeness (QED) is 0.143. The summed E-state index contributed by atoms with van der Waals surface area (Å²) in [7, 11) is 0. The Balaban J connectivity index is 1.14. The standard InChI is InChI=1S/C60H39N9/c1-4-19-40(20-5-1)46-25-10-13-31-52(46)67-55(64-49-28-16-34-61-58(49)67)43-37-44(56-65-50-29-17-35-62-59(50)68(56)53-32-14-11-26-47(53)41-21-6-2-7-22-41)39-45(38-43)57-66-51-30-18-36-63-60(51)69(57)54-33-15-12-27-48(54)42-23-8-3-9-24-42/h1-39H. The number of pyridine rings is 3. The van der Waals surface area contributed by atoms with Gasteiger partial charge >= 0.3 is 0 Å². The number of imidazole rings is 3. The van der Waals surface area contributed by atoms with Crippen molar-refractivity contribution in [3.8, 4) is 84.6 Å². The number of fused-ring (bicyclic) bond motifs is 3. The lowest BCUT2D eigenvalue weighted by atomic mass is 10.0. The highest BCUT2D eigenvalue weighted by Crippen LogP contribution is 2.41. The highest BCUT2D eigenvalue weighted by Gasteiger charge is 2.26. The van der Waals surface area contributed by atoms with E-state index >= 15 is 0 Å². The van der Waals surface area contributed by atoms with Crippen molar-refractivity contribution >= 4 is 33.5 Å². The SMILES string of the molecule is c1ccc(-c2ccccc2-n2c(-c3cc(-c4nc5cccnc5n4-c4ccccc4-c4ccccc4)cc(-c4nc5cccnc5n4-c4ccccc4-c4ccccc4)c3)nc3cccnc32)cc1. The molecule has 0 saturated carbocycles. The van der Waals surface area contributed by atoms with Crippen molar-refractivity contribution in [2.75, 3.05) is 0 Å². The summed E-state index contributed by atoms with van der Waals surface area (Å²) in [6.45, 7) is 0. The van der Waals surface area contributed by atoms with Crippen LogP contribution in [-0.4, -0.2) is 43.6 Å². The van der Waals surface area contributed by atoms with E-state index < -0.39 is 0 Å². The number of nitrogens with zero attached hydrogens (tertiary/aromatic N) is 9. The van der Waals surface area contributed by atoms with Gasteiger partial charge in [-0.2, -0.15) is 0 Å². The Kier molecular flexibility index (Phi) is 9.61. The number of hydrogen-bond acceptors (Lipinski definition) is 6. The van der Waals surface area contributed by atoms with Crippen LogP contribution in [-0.2, 0) is 0 Å². The molecule has 0 spiro atoms. The van der Waals surface area contributed by atoms with Gasteiger partial charge in [0.1, 0.15) is 34.0 Å². The van der Waals surface area contributed by atoms with Crippen molar-refractivity contribution in [3.63, 3.8) is 0 Å². The van der Waals surface area contributed by atoms with E-state index in [1.807, 2.05) is 73.2 Å². The van der Waals surface area contributed by atoms with Crippen LogP contribution in [0.1, 0.15) is 0 Å². The lowest BCUT2D eigenvalue weighted by molar-refractivity contribution is 1.06. The molecule has 0 saturated heterocycles. The summed E-state index contributed by atoms with van der Waals surface area (Å²) in [6, 6.07) is 75.2. The number of benzene rings is 7. The number of para-hydroxylation sites is 3. The van der Waals surface area contributed by atoms with Crippen LogP contribution in [0.15, 0.2) is 237 Å². The van der Waals surface area contributed by atoms with E-state index in [1.54, 1.807) is 0 Å². The number of aromatic nitrogens is 9. The molecule has 69 heavy (non-hydrogen) atoms. The largest absolute Gasteiger partial charge is 0.276 e. The van der Waals surface area contributed by atoms with Crippen molar-refractivity contribution in [2.24, 2.45) is 0 Å². The summed E-state index contributed by atoms with van der Waals surface area (Å²) >= 11 is 0. The van der Waals surface area contributed by atoms with Crippen molar-refractivity contribution in [1.29, 1.82) is 0 Å². The van der Waals surface area contributed by atoms with E-state index in [0.29, 0.717) is 17.5 Å². The minimum atomic E-state index is 0.714. The Morgan fingerprint density at radius 2 is 0.522 bits per heavy atom. The molecule has 0 atom stereocenters. The number of rotatable bonds is 9. The fraction of sp³-hybridized carbons (Fsp3) is 0. The summed E-state index contributed by atoms with van der Waals surface area (Å²) in [5, 5.41) is 0. The smallest absolute Gasteiger partial charge is 0.164 e. The predicted octanol–water partition coefficient (Wildman–Crippen LogP) is 13.9. The lowest BCUT2D eigenvalue weighted by Crippen LogP contribution is -2.04. The molecule has 0 N–H and O–H groups in total. The van der Waals surface area contributed by atoms with Gasteiger partial charge in [0, 0.05) is 52.0 Å². The molecule has 9 nitrogen and oxygen atoms in total. The first-order valence-corrected chi connectivity index (χ1v) is 22.9. The molecule has 324 valence electrons. The second kappa shape index (κ2) is 16.7. The van der Waals surface area contributed by atoms with Crippen LogP contribution in [0.5, 0.6) is 0 Å². The van der Waals surface area contributed by atoms with Gasteiger partial charge in [0.05, 0.1) is 17.1 Å². The van der Waals surface area contributed by atoms with Crippen LogP contribution in [0.2, 0.25) is 0 Å². The Morgan fingerprint density at radius 3 is 0.826 bits per heavy atom. The van der Waals surface area contributed by atoms with Crippen molar-refractivity contribution < 1.29 is 0 Å². The number of hydrogen-bond donors (Lipinski definition) is 0. The average Bonchev–Trinajstić information content (AvgIpc) is 4.14. The molecule has 0 aliphatic heterocycles. The summed E-state index contributed by atoms with van der Waals surface area (Å²) < 4.78 is 6.56. The fourth-order valence-electron chi connectivity index (χ4n) is 9.61. The van der Waals surface area contributed by atoms with Crippen LogP contribution in [0.4, 0.5) is 0 Å². The van der Waals surface area contributed by atoms with Crippen LogP contribution in [0.25, 0.3) is 118 Å². The third kappa shape index (κ3) is 6.87. The fourth-order valence-corrected chi connectivity index (χ4v) is 9.61. The molecule has 9 heteroatoms. The molecule has 0 aliphatic carbocycles. The molecule has 13 rings (SSSR count). The van der Waals surface area contributed by atoms with Crippen molar-refractivity contribution in [1.82, 2.24) is 43.6 Å². The maximum absolute atomic E-state index is 5.44. The maximum atomic E-state index is 5.44. The summed E-state index contributed by atoms with van der Waals surface area (Å²) in [6.07, 6.45) is 5.49.